The molecule has 0 aliphatic heterocycles. The summed E-state index contributed by atoms with van der Waals surface area (Å²) in [5.74, 6) is 2.07. The normalized spacial score (nSPS) is 10.2. The zero-order valence-electron chi connectivity index (χ0n) is 16.4. The van der Waals surface area contributed by atoms with Crippen LogP contribution in [0.2, 0.25) is 0 Å². The molecular weight excluding hydrogens is 372 g/mol. The lowest BCUT2D eigenvalue weighted by Gasteiger charge is -2.11. The Balaban J connectivity index is 1.63. The third-order valence-corrected chi connectivity index (χ3v) is 4.19. The van der Waals surface area contributed by atoms with Gasteiger partial charge in [0.05, 0.1) is 21.3 Å². The Hall–Kier alpha value is -3.81. The van der Waals surface area contributed by atoms with Crippen LogP contribution >= 0.6 is 0 Å². The number of methoxy groups -OCH3 is 3. The third-order valence-electron chi connectivity index (χ3n) is 4.19. The number of hydrogen-bond acceptors (Lipinski definition) is 7. The first-order chi connectivity index (χ1) is 14.1. The van der Waals surface area contributed by atoms with E-state index in [4.69, 9.17) is 14.2 Å². The summed E-state index contributed by atoms with van der Waals surface area (Å²) >= 11 is 0. The molecule has 3 aromatic rings. The summed E-state index contributed by atoms with van der Waals surface area (Å²) in [7, 11) is 4.71. The van der Waals surface area contributed by atoms with Crippen LogP contribution in [0.3, 0.4) is 0 Å². The van der Waals surface area contributed by atoms with Crippen molar-refractivity contribution in [1.29, 1.82) is 0 Å². The molecule has 0 atom stereocenters. The van der Waals surface area contributed by atoms with Crippen molar-refractivity contribution in [3.63, 3.8) is 0 Å². The Morgan fingerprint density at radius 3 is 2.31 bits per heavy atom. The van der Waals surface area contributed by atoms with Crippen LogP contribution in [0.5, 0.6) is 17.2 Å². The predicted octanol–water partition coefficient (Wildman–Crippen LogP) is 3.37. The van der Waals surface area contributed by atoms with Gasteiger partial charge in [-0.1, -0.05) is 18.2 Å². The molecule has 8 nitrogen and oxygen atoms in total. The van der Waals surface area contributed by atoms with E-state index in [-0.39, 0.29) is 11.6 Å². The van der Waals surface area contributed by atoms with Gasteiger partial charge in [0.25, 0.3) is 5.91 Å². The van der Waals surface area contributed by atoms with E-state index in [2.05, 4.69) is 20.8 Å². The first kappa shape index (κ1) is 19.9. The molecule has 0 unspecified atom stereocenters. The van der Waals surface area contributed by atoms with Gasteiger partial charge in [-0.05, 0) is 30.3 Å². The molecule has 3 rings (SSSR count). The highest BCUT2D eigenvalue weighted by atomic mass is 16.5. The van der Waals surface area contributed by atoms with E-state index in [1.807, 2.05) is 24.3 Å². The smallest absolute Gasteiger partial charge is 0.276 e. The molecular formula is C21H22N4O4. The summed E-state index contributed by atoms with van der Waals surface area (Å²) in [6, 6.07) is 16.1. The molecule has 0 bridgehead atoms. The van der Waals surface area contributed by atoms with E-state index in [1.165, 1.54) is 7.11 Å². The fourth-order valence-electron chi connectivity index (χ4n) is 2.69. The second-order valence-electron chi connectivity index (χ2n) is 5.99. The molecule has 1 aromatic heterocycles. The van der Waals surface area contributed by atoms with Gasteiger partial charge in [-0.3, -0.25) is 4.79 Å². The number of para-hydroxylation sites is 1. The Morgan fingerprint density at radius 2 is 1.62 bits per heavy atom. The Labute approximate surface area is 168 Å². The second kappa shape index (κ2) is 9.41. The van der Waals surface area contributed by atoms with Crippen LogP contribution in [-0.2, 0) is 6.54 Å². The number of rotatable bonds is 8. The summed E-state index contributed by atoms with van der Waals surface area (Å²) < 4.78 is 15.8. The molecule has 0 fully saturated rings. The zero-order valence-corrected chi connectivity index (χ0v) is 16.4. The first-order valence-electron chi connectivity index (χ1n) is 8.87. The summed E-state index contributed by atoms with van der Waals surface area (Å²) in [4.78, 5) is 12.4. The minimum absolute atomic E-state index is 0.197. The van der Waals surface area contributed by atoms with Crippen molar-refractivity contribution in [2.75, 3.05) is 32.0 Å². The van der Waals surface area contributed by atoms with Crippen molar-refractivity contribution in [1.82, 2.24) is 10.2 Å². The van der Waals surface area contributed by atoms with E-state index in [9.17, 15) is 4.79 Å². The number of aromatic nitrogens is 2. The standard InChI is InChI=1S/C21H22N4O4/c1-27-17-7-5-4-6-14(17)13-22-20-11-9-16(24-25-20)21(26)23-15-8-10-18(28-2)19(12-15)29-3/h4-12H,13H2,1-3H3,(H,22,25)(H,23,26). The molecule has 2 aromatic carbocycles. The third kappa shape index (κ3) is 4.92. The van der Waals surface area contributed by atoms with Crippen molar-refractivity contribution < 1.29 is 19.0 Å². The highest BCUT2D eigenvalue weighted by Gasteiger charge is 2.11. The van der Waals surface area contributed by atoms with Gasteiger partial charge in [0.1, 0.15) is 11.6 Å². The maximum absolute atomic E-state index is 12.4. The Morgan fingerprint density at radius 1 is 0.862 bits per heavy atom. The SMILES string of the molecule is COc1ccccc1CNc1ccc(C(=O)Nc2ccc(OC)c(OC)c2)nn1. The fraction of sp³-hybridized carbons (Fsp3) is 0.190. The van der Waals surface area contributed by atoms with Gasteiger partial charge < -0.3 is 24.8 Å². The Kier molecular flexibility index (Phi) is 6.47. The van der Waals surface area contributed by atoms with Crippen molar-refractivity contribution in [3.8, 4) is 17.2 Å². The molecule has 150 valence electrons. The van der Waals surface area contributed by atoms with Gasteiger partial charge >= 0.3 is 0 Å². The van der Waals surface area contributed by atoms with Crippen LogP contribution in [0.15, 0.2) is 54.6 Å². The number of anilines is 2. The van der Waals surface area contributed by atoms with Crippen LogP contribution in [-0.4, -0.2) is 37.4 Å². The number of ether oxygens (including phenoxy) is 3. The van der Waals surface area contributed by atoms with Gasteiger partial charge in [0.15, 0.2) is 17.2 Å². The summed E-state index contributed by atoms with van der Waals surface area (Å²) in [5, 5.41) is 14.0. The van der Waals surface area contributed by atoms with Crippen molar-refractivity contribution in [2.45, 2.75) is 6.54 Å². The minimum atomic E-state index is -0.374. The Bertz CT molecular complexity index is 977. The molecule has 8 heteroatoms. The quantitative estimate of drug-likeness (QED) is 0.605. The molecule has 1 amide bonds. The summed E-state index contributed by atoms with van der Waals surface area (Å²) in [5.41, 5.74) is 1.75. The number of nitrogens with one attached hydrogen (secondary N) is 2. The number of amides is 1. The number of benzene rings is 2. The van der Waals surface area contributed by atoms with Crippen LogP contribution in [0.1, 0.15) is 16.1 Å². The van der Waals surface area contributed by atoms with E-state index in [0.717, 1.165) is 11.3 Å². The molecule has 0 aliphatic rings. The van der Waals surface area contributed by atoms with E-state index in [0.29, 0.717) is 29.5 Å². The lowest BCUT2D eigenvalue weighted by molar-refractivity contribution is 0.102. The molecule has 0 saturated heterocycles. The maximum atomic E-state index is 12.4. The molecule has 2 N–H and O–H groups in total. The first-order valence-corrected chi connectivity index (χ1v) is 8.87. The predicted molar refractivity (Wildman–Crippen MR) is 110 cm³/mol. The monoisotopic (exact) mass is 394 g/mol. The molecule has 0 aliphatic carbocycles. The number of hydrogen-bond donors (Lipinski definition) is 2. The lowest BCUT2D eigenvalue weighted by Crippen LogP contribution is -2.15. The van der Waals surface area contributed by atoms with Crippen molar-refractivity contribution in [3.05, 3.63) is 65.9 Å². The van der Waals surface area contributed by atoms with Gasteiger partial charge in [0.2, 0.25) is 0 Å². The largest absolute Gasteiger partial charge is 0.496 e. The van der Waals surface area contributed by atoms with Crippen molar-refractivity contribution in [2.24, 2.45) is 0 Å². The summed E-state index contributed by atoms with van der Waals surface area (Å²) in [6.07, 6.45) is 0. The maximum Gasteiger partial charge on any atom is 0.276 e. The van der Waals surface area contributed by atoms with Crippen LogP contribution in [0.25, 0.3) is 0 Å². The highest BCUT2D eigenvalue weighted by Crippen LogP contribution is 2.29. The fourth-order valence-corrected chi connectivity index (χ4v) is 2.69. The van der Waals surface area contributed by atoms with E-state index >= 15 is 0 Å². The number of carbonyl (C=O) groups is 1. The van der Waals surface area contributed by atoms with Crippen LogP contribution < -0.4 is 24.8 Å². The molecule has 1 heterocycles. The van der Waals surface area contributed by atoms with E-state index < -0.39 is 0 Å². The van der Waals surface area contributed by atoms with Crippen LogP contribution in [0.4, 0.5) is 11.5 Å². The summed E-state index contributed by atoms with van der Waals surface area (Å²) in [6.45, 7) is 0.524. The van der Waals surface area contributed by atoms with Gasteiger partial charge in [-0.25, -0.2) is 0 Å². The zero-order chi connectivity index (χ0) is 20.6. The van der Waals surface area contributed by atoms with Crippen molar-refractivity contribution >= 4 is 17.4 Å². The van der Waals surface area contributed by atoms with E-state index in [1.54, 1.807) is 44.6 Å². The average Bonchev–Trinajstić information content (AvgIpc) is 2.78. The topological polar surface area (TPSA) is 94.6 Å². The molecule has 29 heavy (non-hydrogen) atoms. The number of nitrogens with zero attached hydrogens (tertiary/aromatic N) is 2. The van der Waals surface area contributed by atoms with Crippen LogP contribution in [0, 0.1) is 0 Å². The van der Waals surface area contributed by atoms with Gasteiger partial charge in [0, 0.05) is 23.9 Å². The molecule has 0 spiro atoms. The van der Waals surface area contributed by atoms with Gasteiger partial charge in [-0.15, -0.1) is 10.2 Å². The average molecular weight is 394 g/mol. The van der Waals surface area contributed by atoms with Gasteiger partial charge in [-0.2, -0.15) is 0 Å². The second-order valence-corrected chi connectivity index (χ2v) is 5.99. The molecule has 0 radical (unpaired) electrons. The lowest BCUT2D eigenvalue weighted by atomic mass is 10.2. The molecule has 0 saturated carbocycles. The minimum Gasteiger partial charge on any atom is -0.496 e. The number of carbonyl (C=O) groups excluding carboxylic acids is 1. The highest BCUT2D eigenvalue weighted by molar-refractivity contribution is 6.02.